The molecule has 4 rings (SSSR count). The molecule has 2 bridgehead atoms. The van der Waals surface area contributed by atoms with E-state index in [1.54, 1.807) is 11.1 Å². The minimum atomic E-state index is 0.428. The van der Waals surface area contributed by atoms with Crippen LogP contribution in [-0.2, 0) is 12.8 Å². The van der Waals surface area contributed by atoms with Crippen molar-refractivity contribution in [3.8, 4) is 0 Å². The molecule has 3 aliphatic rings. The Balaban J connectivity index is 1.60. The van der Waals surface area contributed by atoms with Crippen molar-refractivity contribution >= 4 is 0 Å². The Labute approximate surface area is 128 Å². The number of rotatable bonds is 1. The molecule has 2 fully saturated rings. The van der Waals surface area contributed by atoms with Crippen LogP contribution in [0.3, 0.4) is 0 Å². The molecule has 1 saturated heterocycles. The van der Waals surface area contributed by atoms with Crippen LogP contribution >= 0.6 is 0 Å². The molecule has 2 nitrogen and oxygen atoms in total. The fraction of sp³-hybridized carbons (Fsp3) is 0.684. The number of piperidine rings is 1. The van der Waals surface area contributed by atoms with Gasteiger partial charge in [0.1, 0.15) is 0 Å². The normalized spacial score (nSPS) is 39.8. The van der Waals surface area contributed by atoms with Crippen molar-refractivity contribution in [3.05, 3.63) is 35.4 Å². The zero-order chi connectivity index (χ0) is 14.4. The van der Waals surface area contributed by atoms with Crippen molar-refractivity contribution in [2.75, 3.05) is 6.54 Å². The van der Waals surface area contributed by atoms with Crippen molar-refractivity contribution in [2.24, 2.45) is 17.6 Å². The van der Waals surface area contributed by atoms with E-state index < -0.39 is 0 Å². The van der Waals surface area contributed by atoms with E-state index in [2.05, 4.69) is 36.1 Å². The van der Waals surface area contributed by atoms with Gasteiger partial charge in [-0.15, -0.1) is 0 Å². The van der Waals surface area contributed by atoms with Crippen LogP contribution in [0.1, 0.15) is 43.7 Å². The van der Waals surface area contributed by atoms with Gasteiger partial charge in [-0.1, -0.05) is 24.3 Å². The first-order chi connectivity index (χ1) is 10.2. The Kier molecular flexibility index (Phi) is 3.55. The van der Waals surface area contributed by atoms with Gasteiger partial charge in [-0.05, 0) is 68.4 Å². The molecule has 21 heavy (non-hydrogen) atoms. The van der Waals surface area contributed by atoms with E-state index in [0.717, 1.165) is 17.9 Å². The van der Waals surface area contributed by atoms with E-state index in [-0.39, 0.29) is 0 Å². The number of fused-ring (bicyclic) bond motifs is 3. The minimum Gasteiger partial charge on any atom is -0.328 e. The standard InChI is InChI=1S/C19H28N2/c1-13-10-18(20)8-9-21(13)19-16-6-7-17(19)12-15-5-3-2-4-14(15)11-16/h2-5,13,16-19H,6-12,20H2,1H3. The zero-order valence-corrected chi connectivity index (χ0v) is 13.2. The first-order valence-corrected chi connectivity index (χ1v) is 8.80. The summed E-state index contributed by atoms with van der Waals surface area (Å²) in [6, 6.07) is 11.1. The number of hydrogen-bond acceptors (Lipinski definition) is 2. The number of hydrogen-bond donors (Lipinski definition) is 1. The maximum atomic E-state index is 6.17. The monoisotopic (exact) mass is 284 g/mol. The third kappa shape index (κ3) is 2.43. The topological polar surface area (TPSA) is 29.3 Å². The van der Waals surface area contributed by atoms with Crippen LogP contribution in [-0.4, -0.2) is 29.6 Å². The number of nitrogens with two attached hydrogens (primary N) is 1. The molecule has 1 saturated carbocycles. The lowest BCUT2D eigenvalue weighted by atomic mass is 9.88. The summed E-state index contributed by atoms with van der Waals surface area (Å²) in [5.74, 6) is 1.74. The fourth-order valence-electron chi connectivity index (χ4n) is 5.33. The number of nitrogens with zero attached hydrogens (tertiary/aromatic N) is 1. The molecule has 1 aromatic rings. The Bertz CT molecular complexity index is 479. The molecule has 2 N–H and O–H groups in total. The van der Waals surface area contributed by atoms with Gasteiger partial charge in [-0.25, -0.2) is 0 Å². The Morgan fingerprint density at radius 3 is 2.19 bits per heavy atom. The summed E-state index contributed by atoms with van der Waals surface area (Å²) in [6.45, 7) is 3.62. The average Bonchev–Trinajstić information content (AvgIpc) is 2.75. The van der Waals surface area contributed by atoms with E-state index >= 15 is 0 Å². The molecule has 1 aromatic carbocycles. The van der Waals surface area contributed by atoms with Gasteiger partial charge >= 0.3 is 0 Å². The quantitative estimate of drug-likeness (QED) is 0.859. The van der Waals surface area contributed by atoms with Crippen LogP contribution < -0.4 is 5.73 Å². The van der Waals surface area contributed by atoms with Crippen molar-refractivity contribution in [1.82, 2.24) is 4.90 Å². The summed E-state index contributed by atoms with van der Waals surface area (Å²) >= 11 is 0. The molecule has 1 heterocycles. The lowest BCUT2D eigenvalue weighted by Gasteiger charge is -2.44. The number of likely N-dealkylation sites (tertiary alicyclic amines) is 1. The van der Waals surface area contributed by atoms with Gasteiger partial charge in [0, 0.05) is 24.7 Å². The first-order valence-electron chi connectivity index (χ1n) is 8.80. The molecule has 1 aliphatic heterocycles. The molecule has 2 heteroatoms. The summed E-state index contributed by atoms with van der Waals surface area (Å²) in [4.78, 5) is 2.83. The van der Waals surface area contributed by atoms with Gasteiger partial charge in [-0.3, -0.25) is 4.90 Å². The summed E-state index contributed by atoms with van der Waals surface area (Å²) < 4.78 is 0. The number of benzene rings is 1. The van der Waals surface area contributed by atoms with Crippen molar-refractivity contribution in [2.45, 2.75) is 63.6 Å². The van der Waals surface area contributed by atoms with Gasteiger partial charge < -0.3 is 5.73 Å². The summed E-state index contributed by atoms with van der Waals surface area (Å²) in [7, 11) is 0. The van der Waals surface area contributed by atoms with Gasteiger partial charge in [-0.2, -0.15) is 0 Å². The van der Waals surface area contributed by atoms with Gasteiger partial charge in [0.25, 0.3) is 0 Å². The van der Waals surface area contributed by atoms with E-state index in [1.165, 1.54) is 45.1 Å². The molecule has 2 aliphatic carbocycles. The lowest BCUT2D eigenvalue weighted by molar-refractivity contribution is 0.0536. The SMILES string of the molecule is CC1CC(N)CCN1C1C2CCC1Cc1ccccc1C2. The van der Waals surface area contributed by atoms with Crippen LogP contribution in [0.15, 0.2) is 24.3 Å². The predicted molar refractivity (Wildman–Crippen MR) is 87.2 cm³/mol. The lowest BCUT2D eigenvalue weighted by Crippen LogP contribution is -2.53. The molecule has 0 amide bonds. The summed E-state index contributed by atoms with van der Waals surface area (Å²) in [6.07, 6.45) is 7.83. The Morgan fingerprint density at radius 2 is 1.62 bits per heavy atom. The highest BCUT2D eigenvalue weighted by Gasteiger charge is 2.44. The molecule has 4 atom stereocenters. The highest BCUT2D eigenvalue weighted by molar-refractivity contribution is 5.31. The third-order valence-electron chi connectivity index (χ3n) is 6.31. The van der Waals surface area contributed by atoms with E-state index in [9.17, 15) is 0 Å². The second-order valence-corrected chi connectivity index (χ2v) is 7.64. The molecular formula is C19H28N2. The molecule has 0 radical (unpaired) electrons. The van der Waals surface area contributed by atoms with Crippen LogP contribution in [0.5, 0.6) is 0 Å². The minimum absolute atomic E-state index is 0.428. The zero-order valence-electron chi connectivity index (χ0n) is 13.2. The van der Waals surface area contributed by atoms with Crippen LogP contribution in [0.4, 0.5) is 0 Å². The first kappa shape index (κ1) is 13.8. The maximum absolute atomic E-state index is 6.17. The second-order valence-electron chi connectivity index (χ2n) is 7.64. The highest BCUT2D eigenvalue weighted by atomic mass is 15.2. The highest BCUT2D eigenvalue weighted by Crippen LogP contribution is 2.44. The third-order valence-corrected chi connectivity index (χ3v) is 6.31. The summed E-state index contributed by atoms with van der Waals surface area (Å²) in [5, 5.41) is 0. The molecular weight excluding hydrogens is 256 g/mol. The van der Waals surface area contributed by atoms with Gasteiger partial charge in [0.15, 0.2) is 0 Å². The maximum Gasteiger partial charge on any atom is 0.0161 e. The van der Waals surface area contributed by atoms with Crippen molar-refractivity contribution < 1.29 is 0 Å². The van der Waals surface area contributed by atoms with E-state index in [1.807, 2.05) is 0 Å². The second kappa shape index (κ2) is 5.40. The van der Waals surface area contributed by atoms with Crippen molar-refractivity contribution in [1.29, 1.82) is 0 Å². The Hall–Kier alpha value is -0.860. The molecule has 0 spiro atoms. The smallest absolute Gasteiger partial charge is 0.0161 e. The average molecular weight is 284 g/mol. The predicted octanol–water partition coefficient (Wildman–Crippen LogP) is 2.99. The molecule has 0 aromatic heterocycles. The van der Waals surface area contributed by atoms with Crippen LogP contribution in [0.25, 0.3) is 0 Å². The van der Waals surface area contributed by atoms with Crippen molar-refractivity contribution in [3.63, 3.8) is 0 Å². The van der Waals surface area contributed by atoms with Crippen LogP contribution in [0.2, 0.25) is 0 Å². The molecule has 114 valence electrons. The fourth-order valence-corrected chi connectivity index (χ4v) is 5.33. The van der Waals surface area contributed by atoms with Gasteiger partial charge in [0.05, 0.1) is 0 Å². The van der Waals surface area contributed by atoms with Crippen LogP contribution in [0, 0.1) is 11.8 Å². The van der Waals surface area contributed by atoms with E-state index in [4.69, 9.17) is 5.73 Å². The Morgan fingerprint density at radius 1 is 1.00 bits per heavy atom. The summed E-state index contributed by atoms with van der Waals surface area (Å²) in [5.41, 5.74) is 9.42. The molecule has 4 unspecified atom stereocenters. The largest absolute Gasteiger partial charge is 0.328 e. The van der Waals surface area contributed by atoms with E-state index in [0.29, 0.717) is 12.1 Å². The van der Waals surface area contributed by atoms with Gasteiger partial charge in [0.2, 0.25) is 0 Å².